The molecule has 13 heavy (non-hydrogen) atoms. The Hall–Kier alpha value is -0.440. The van der Waals surface area contributed by atoms with Gasteiger partial charge >= 0.3 is 0 Å². The third-order valence-electron chi connectivity index (χ3n) is 1.57. The maximum atomic E-state index is 5.81. The van der Waals surface area contributed by atoms with Crippen LogP contribution in [0.5, 0.6) is 0 Å². The summed E-state index contributed by atoms with van der Waals surface area (Å²) < 4.78 is 0. The highest BCUT2D eigenvalue weighted by atomic mass is 35.5. The first-order valence-electron chi connectivity index (χ1n) is 4.12. The minimum absolute atomic E-state index is 0.641. The summed E-state index contributed by atoms with van der Waals surface area (Å²) in [7, 11) is 0. The predicted octanol–water partition coefficient (Wildman–Crippen LogP) is 2.75. The van der Waals surface area contributed by atoms with Crippen molar-refractivity contribution in [1.29, 1.82) is 0 Å². The van der Waals surface area contributed by atoms with Gasteiger partial charge in [0.1, 0.15) is 0 Å². The number of benzene rings is 1. The summed E-state index contributed by atoms with van der Waals surface area (Å²) in [4.78, 5) is 0. The molecule has 0 aliphatic carbocycles. The van der Waals surface area contributed by atoms with Crippen LogP contribution in [0.2, 0.25) is 10.0 Å². The van der Waals surface area contributed by atoms with Gasteiger partial charge in [0.15, 0.2) is 0 Å². The van der Waals surface area contributed by atoms with Crippen molar-refractivity contribution in [2.24, 2.45) is 5.73 Å². The van der Waals surface area contributed by atoms with Crippen LogP contribution in [0.25, 0.3) is 0 Å². The van der Waals surface area contributed by atoms with Crippen molar-refractivity contribution < 1.29 is 0 Å². The zero-order valence-corrected chi connectivity index (χ0v) is 8.70. The lowest BCUT2D eigenvalue weighted by atomic mass is 10.3. The van der Waals surface area contributed by atoms with E-state index >= 15 is 0 Å². The van der Waals surface area contributed by atoms with E-state index in [9.17, 15) is 0 Å². The number of hydrogen-bond acceptors (Lipinski definition) is 2. The molecule has 3 N–H and O–H groups in total. The molecule has 1 rings (SSSR count). The molecule has 0 bridgehead atoms. The number of nitrogens with one attached hydrogen (secondary N) is 1. The molecule has 0 aliphatic rings. The van der Waals surface area contributed by atoms with E-state index in [1.54, 1.807) is 6.07 Å². The zero-order chi connectivity index (χ0) is 9.68. The molecule has 0 radical (unpaired) electrons. The third kappa shape index (κ3) is 3.85. The normalized spacial score (nSPS) is 10.1. The van der Waals surface area contributed by atoms with Gasteiger partial charge < -0.3 is 11.1 Å². The standard InChI is InChI=1S/C9H12Cl2N2/c10-7-4-8(11)6-9(5-7)13-3-1-2-12/h4-6,13H,1-3,12H2. The van der Waals surface area contributed by atoms with Crippen LogP contribution in [0.4, 0.5) is 5.69 Å². The molecule has 1 aromatic rings. The fourth-order valence-electron chi connectivity index (χ4n) is 0.991. The van der Waals surface area contributed by atoms with Crippen LogP contribution < -0.4 is 11.1 Å². The van der Waals surface area contributed by atoms with Crippen molar-refractivity contribution in [1.82, 2.24) is 0 Å². The van der Waals surface area contributed by atoms with E-state index in [-0.39, 0.29) is 0 Å². The van der Waals surface area contributed by atoms with E-state index < -0.39 is 0 Å². The summed E-state index contributed by atoms with van der Waals surface area (Å²) >= 11 is 11.6. The molecule has 0 atom stereocenters. The van der Waals surface area contributed by atoms with Gasteiger partial charge in [0, 0.05) is 22.3 Å². The molecule has 0 fully saturated rings. The molecule has 0 saturated carbocycles. The van der Waals surface area contributed by atoms with Gasteiger partial charge in [0.25, 0.3) is 0 Å². The lowest BCUT2D eigenvalue weighted by molar-refractivity contribution is 0.874. The van der Waals surface area contributed by atoms with Crippen LogP contribution in [0, 0.1) is 0 Å². The molecule has 0 saturated heterocycles. The second-order valence-electron chi connectivity index (χ2n) is 2.73. The molecule has 4 heteroatoms. The molecular formula is C9H12Cl2N2. The summed E-state index contributed by atoms with van der Waals surface area (Å²) in [5, 5.41) is 4.46. The van der Waals surface area contributed by atoms with Crippen molar-refractivity contribution in [2.75, 3.05) is 18.4 Å². The number of rotatable bonds is 4. The molecule has 0 heterocycles. The molecule has 2 nitrogen and oxygen atoms in total. The number of anilines is 1. The fourth-order valence-corrected chi connectivity index (χ4v) is 1.52. The van der Waals surface area contributed by atoms with E-state index in [0.29, 0.717) is 16.6 Å². The van der Waals surface area contributed by atoms with E-state index in [4.69, 9.17) is 28.9 Å². The maximum absolute atomic E-state index is 5.81. The lowest BCUT2D eigenvalue weighted by Crippen LogP contribution is -2.08. The Morgan fingerprint density at radius 3 is 2.31 bits per heavy atom. The highest BCUT2D eigenvalue weighted by Crippen LogP contribution is 2.22. The highest BCUT2D eigenvalue weighted by molar-refractivity contribution is 6.35. The second kappa shape index (κ2) is 5.32. The average Bonchev–Trinajstić information content (AvgIpc) is 2.03. The maximum Gasteiger partial charge on any atom is 0.0441 e. The predicted molar refractivity (Wildman–Crippen MR) is 58.6 cm³/mol. The molecule has 72 valence electrons. The van der Waals surface area contributed by atoms with Crippen LogP contribution >= 0.6 is 23.2 Å². The molecule has 0 amide bonds. The summed E-state index contributed by atoms with van der Waals surface area (Å²) in [6.45, 7) is 1.52. The van der Waals surface area contributed by atoms with Gasteiger partial charge in [-0.15, -0.1) is 0 Å². The highest BCUT2D eigenvalue weighted by Gasteiger charge is 1.96. The SMILES string of the molecule is NCCCNc1cc(Cl)cc(Cl)c1. The molecule has 1 aromatic carbocycles. The molecule has 0 spiro atoms. The Balaban J connectivity index is 2.56. The summed E-state index contributed by atoms with van der Waals surface area (Å²) in [5.41, 5.74) is 6.30. The Morgan fingerprint density at radius 1 is 1.15 bits per heavy atom. The fraction of sp³-hybridized carbons (Fsp3) is 0.333. The van der Waals surface area contributed by atoms with Gasteiger partial charge in [-0.05, 0) is 31.2 Å². The first kappa shape index (κ1) is 10.6. The van der Waals surface area contributed by atoms with Crippen molar-refractivity contribution in [3.63, 3.8) is 0 Å². The summed E-state index contributed by atoms with van der Waals surface area (Å²) in [6.07, 6.45) is 0.935. The van der Waals surface area contributed by atoms with Crippen LogP contribution in [0.15, 0.2) is 18.2 Å². The molecular weight excluding hydrogens is 207 g/mol. The van der Waals surface area contributed by atoms with Gasteiger partial charge in [0.05, 0.1) is 0 Å². The number of hydrogen-bond donors (Lipinski definition) is 2. The Morgan fingerprint density at radius 2 is 1.77 bits per heavy atom. The van der Waals surface area contributed by atoms with Crippen molar-refractivity contribution in [3.05, 3.63) is 28.2 Å². The van der Waals surface area contributed by atoms with E-state index in [1.165, 1.54) is 0 Å². The largest absolute Gasteiger partial charge is 0.385 e. The van der Waals surface area contributed by atoms with Gasteiger partial charge in [-0.3, -0.25) is 0 Å². The number of nitrogens with two attached hydrogens (primary N) is 1. The average molecular weight is 219 g/mol. The molecule has 0 aromatic heterocycles. The van der Waals surface area contributed by atoms with Crippen LogP contribution in [0.1, 0.15) is 6.42 Å². The second-order valence-corrected chi connectivity index (χ2v) is 3.60. The first-order chi connectivity index (χ1) is 6.22. The zero-order valence-electron chi connectivity index (χ0n) is 7.19. The van der Waals surface area contributed by atoms with Gasteiger partial charge in [-0.25, -0.2) is 0 Å². The van der Waals surface area contributed by atoms with E-state index in [1.807, 2.05) is 12.1 Å². The van der Waals surface area contributed by atoms with Crippen molar-refractivity contribution >= 4 is 28.9 Å². The molecule has 0 aliphatic heterocycles. The Bertz CT molecular complexity index is 256. The van der Waals surface area contributed by atoms with Gasteiger partial charge in [0.2, 0.25) is 0 Å². The van der Waals surface area contributed by atoms with Crippen LogP contribution in [0.3, 0.4) is 0 Å². The van der Waals surface area contributed by atoms with Gasteiger partial charge in [-0.2, -0.15) is 0 Å². The van der Waals surface area contributed by atoms with Crippen LogP contribution in [-0.4, -0.2) is 13.1 Å². The lowest BCUT2D eigenvalue weighted by Gasteiger charge is -2.05. The van der Waals surface area contributed by atoms with E-state index in [2.05, 4.69) is 5.32 Å². The quantitative estimate of drug-likeness (QED) is 0.764. The summed E-state index contributed by atoms with van der Waals surface area (Å²) in [5.74, 6) is 0. The Labute approximate surface area is 88.0 Å². The minimum Gasteiger partial charge on any atom is -0.385 e. The Kier molecular flexibility index (Phi) is 4.36. The smallest absolute Gasteiger partial charge is 0.0441 e. The minimum atomic E-state index is 0.641. The van der Waals surface area contributed by atoms with Crippen molar-refractivity contribution in [2.45, 2.75) is 6.42 Å². The van der Waals surface area contributed by atoms with Gasteiger partial charge in [-0.1, -0.05) is 23.2 Å². The summed E-state index contributed by atoms with van der Waals surface area (Å²) in [6, 6.07) is 5.38. The topological polar surface area (TPSA) is 38.0 Å². The third-order valence-corrected chi connectivity index (χ3v) is 2.01. The number of halogens is 2. The first-order valence-corrected chi connectivity index (χ1v) is 4.88. The van der Waals surface area contributed by atoms with E-state index in [0.717, 1.165) is 18.7 Å². The van der Waals surface area contributed by atoms with Crippen molar-refractivity contribution in [3.8, 4) is 0 Å². The monoisotopic (exact) mass is 218 g/mol. The van der Waals surface area contributed by atoms with Crippen LogP contribution in [-0.2, 0) is 0 Å². The molecule has 0 unspecified atom stereocenters.